The van der Waals surface area contributed by atoms with Crippen LogP contribution in [-0.2, 0) is 14.3 Å². The summed E-state index contributed by atoms with van der Waals surface area (Å²) in [5.74, 6) is -0.453. The first-order valence-corrected chi connectivity index (χ1v) is 8.64. The minimum atomic E-state index is -0.629. The summed E-state index contributed by atoms with van der Waals surface area (Å²) in [5.41, 5.74) is 1.40. The SMILES string of the molecule is COC(=O)C(/C=C/c1ccc(OC)cc1)=Nc1cc(Br)ccc1C(=O)OC. The van der Waals surface area contributed by atoms with Crippen molar-refractivity contribution in [2.45, 2.75) is 0 Å². The maximum absolute atomic E-state index is 12.1. The molecule has 2 aromatic rings. The monoisotopic (exact) mass is 431 g/mol. The minimum absolute atomic E-state index is 0.0385. The molecule has 6 nitrogen and oxygen atoms in total. The van der Waals surface area contributed by atoms with Crippen LogP contribution in [0.2, 0.25) is 0 Å². The minimum Gasteiger partial charge on any atom is -0.497 e. The molecule has 0 amide bonds. The third-order valence-electron chi connectivity index (χ3n) is 3.55. The fraction of sp³-hybridized carbons (Fsp3) is 0.150. The second kappa shape index (κ2) is 9.68. The van der Waals surface area contributed by atoms with E-state index in [0.717, 1.165) is 11.3 Å². The zero-order valence-corrected chi connectivity index (χ0v) is 16.6. The number of hydrogen-bond donors (Lipinski definition) is 0. The van der Waals surface area contributed by atoms with Crippen LogP contribution in [0.15, 0.2) is 58.0 Å². The van der Waals surface area contributed by atoms with Gasteiger partial charge in [0.05, 0.1) is 32.6 Å². The maximum atomic E-state index is 12.1. The number of rotatable bonds is 6. The van der Waals surface area contributed by atoms with E-state index in [-0.39, 0.29) is 17.0 Å². The van der Waals surface area contributed by atoms with E-state index in [2.05, 4.69) is 20.9 Å². The first-order valence-electron chi connectivity index (χ1n) is 7.85. The Morgan fingerprint density at radius 1 is 1.00 bits per heavy atom. The Kier molecular flexibility index (Phi) is 7.31. The fourth-order valence-corrected chi connectivity index (χ4v) is 2.50. The standard InChI is InChI=1S/C20H18BrNO5/c1-25-15-8-4-13(5-9-15)6-11-17(20(24)27-3)22-18-12-14(21)7-10-16(18)19(23)26-2/h4-12H,1-3H3/b11-6+,22-17?. The number of benzene rings is 2. The van der Waals surface area contributed by atoms with E-state index in [9.17, 15) is 9.59 Å². The van der Waals surface area contributed by atoms with Gasteiger partial charge in [0.15, 0.2) is 0 Å². The molecule has 0 aliphatic carbocycles. The van der Waals surface area contributed by atoms with E-state index in [1.165, 1.54) is 20.3 Å². The van der Waals surface area contributed by atoms with E-state index in [0.29, 0.717) is 4.47 Å². The molecule has 0 heterocycles. The Hall–Kier alpha value is -2.93. The smallest absolute Gasteiger partial charge is 0.356 e. The highest BCUT2D eigenvalue weighted by molar-refractivity contribution is 9.10. The molecular formula is C20H18BrNO5. The third kappa shape index (κ3) is 5.52. The third-order valence-corrected chi connectivity index (χ3v) is 4.04. The van der Waals surface area contributed by atoms with Crippen molar-refractivity contribution in [2.75, 3.05) is 21.3 Å². The number of ether oxygens (including phenoxy) is 3. The van der Waals surface area contributed by atoms with Gasteiger partial charge < -0.3 is 14.2 Å². The Morgan fingerprint density at radius 3 is 2.30 bits per heavy atom. The predicted octanol–water partition coefficient (Wildman–Crippen LogP) is 4.20. The molecule has 2 rings (SSSR count). The van der Waals surface area contributed by atoms with Crippen LogP contribution in [0.5, 0.6) is 5.75 Å². The number of carbonyl (C=O) groups is 2. The molecule has 0 atom stereocenters. The van der Waals surface area contributed by atoms with E-state index in [4.69, 9.17) is 14.2 Å². The van der Waals surface area contributed by atoms with Crippen LogP contribution in [0, 0.1) is 0 Å². The molecule has 0 aliphatic rings. The lowest BCUT2D eigenvalue weighted by molar-refractivity contribution is -0.132. The fourth-order valence-electron chi connectivity index (χ4n) is 2.16. The van der Waals surface area contributed by atoms with Crippen LogP contribution in [0.3, 0.4) is 0 Å². The van der Waals surface area contributed by atoms with Gasteiger partial charge in [-0.2, -0.15) is 0 Å². The lowest BCUT2D eigenvalue weighted by Crippen LogP contribution is -2.13. The summed E-state index contributed by atoms with van der Waals surface area (Å²) in [6, 6.07) is 12.2. The molecule has 7 heteroatoms. The van der Waals surface area contributed by atoms with Gasteiger partial charge in [-0.25, -0.2) is 14.6 Å². The second-order valence-corrected chi connectivity index (χ2v) is 6.16. The molecule has 0 saturated heterocycles. The second-order valence-electron chi connectivity index (χ2n) is 5.25. The van der Waals surface area contributed by atoms with Crippen molar-refractivity contribution < 1.29 is 23.8 Å². The summed E-state index contributed by atoms with van der Waals surface area (Å²) < 4.78 is 15.4. The highest BCUT2D eigenvalue weighted by atomic mass is 79.9. The van der Waals surface area contributed by atoms with Gasteiger partial charge in [0.25, 0.3) is 0 Å². The Morgan fingerprint density at radius 2 is 1.70 bits per heavy atom. The van der Waals surface area contributed by atoms with Crippen LogP contribution < -0.4 is 4.74 Å². The van der Waals surface area contributed by atoms with E-state index < -0.39 is 11.9 Å². The molecule has 0 aromatic heterocycles. The van der Waals surface area contributed by atoms with Crippen LogP contribution >= 0.6 is 15.9 Å². The summed E-state index contributed by atoms with van der Waals surface area (Å²) in [6.45, 7) is 0. The predicted molar refractivity (Wildman–Crippen MR) is 107 cm³/mol. The quantitative estimate of drug-likeness (QED) is 0.505. The highest BCUT2D eigenvalue weighted by Crippen LogP contribution is 2.25. The van der Waals surface area contributed by atoms with Gasteiger partial charge in [0.2, 0.25) is 0 Å². The van der Waals surface area contributed by atoms with Crippen LogP contribution in [-0.4, -0.2) is 39.0 Å². The van der Waals surface area contributed by atoms with Gasteiger partial charge in [-0.1, -0.05) is 34.1 Å². The molecule has 27 heavy (non-hydrogen) atoms. The summed E-state index contributed by atoms with van der Waals surface area (Å²) in [7, 11) is 4.13. The molecule has 0 fully saturated rings. The van der Waals surface area contributed by atoms with Gasteiger partial charge in [0, 0.05) is 4.47 Å². The van der Waals surface area contributed by atoms with Crippen molar-refractivity contribution in [2.24, 2.45) is 4.99 Å². The van der Waals surface area contributed by atoms with Crippen LogP contribution in [0.25, 0.3) is 6.08 Å². The summed E-state index contributed by atoms with van der Waals surface area (Å²) in [5, 5.41) is 0. The average molecular weight is 432 g/mol. The van der Waals surface area contributed by atoms with Crippen molar-refractivity contribution in [1.29, 1.82) is 0 Å². The Labute approximate surface area is 165 Å². The Balaban J connectivity index is 2.44. The molecule has 0 aliphatic heterocycles. The number of hydrogen-bond acceptors (Lipinski definition) is 6. The largest absolute Gasteiger partial charge is 0.497 e. The number of aliphatic imine (C=N–C) groups is 1. The molecule has 2 aromatic carbocycles. The first-order chi connectivity index (χ1) is 13.0. The molecular weight excluding hydrogens is 414 g/mol. The molecule has 0 bridgehead atoms. The number of esters is 2. The van der Waals surface area contributed by atoms with Gasteiger partial charge >= 0.3 is 11.9 Å². The first kappa shape index (κ1) is 20.4. The van der Waals surface area contributed by atoms with Gasteiger partial charge in [0.1, 0.15) is 11.5 Å². The summed E-state index contributed by atoms with van der Waals surface area (Å²) in [4.78, 5) is 28.4. The van der Waals surface area contributed by atoms with Crippen molar-refractivity contribution in [3.8, 4) is 5.75 Å². The van der Waals surface area contributed by atoms with E-state index >= 15 is 0 Å². The summed E-state index contributed by atoms with van der Waals surface area (Å²) in [6.07, 6.45) is 3.24. The lowest BCUT2D eigenvalue weighted by Gasteiger charge is -2.06. The molecule has 0 unspecified atom stereocenters. The van der Waals surface area contributed by atoms with Gasteiger partial charge in [-0.3, -0.25) is 0 Å². The highest BCUT2D eigenvalue weighted by Gasteiger charge is 2.15. The normalized spacial score (nSPS) is 11.3. The number of carbonyl (C=O) groups excluding carboxylic acids is 2. The van der Waals surface area contributed by atoms with Crippen molar-refractivity contribution in [3.05, 3.63) is 64.1 Å². The molecule has 0 radical (unpaired) electrons. The zero-order valence-electron chi connectivity index (χ0n) is 15.1. The van der Waals surface area contributed by atoms with E-state index in [1.807, 2.05) is 12.1 Å². The molecule has 0 N–H and O–H groups in total. The number of nitrogens with zero attached hydrogens (tertiary/aromatic N) is 1. The lowest BCUT2D eigenvalue weighted by atomic mass is 10.1. The average Bonchev–Trinajstić information content (AvgIpc) is 2.70. The number of methoxy groups -OCH3 is 3. The number of halogens is 1. The molecule has 0 spiro atoms. The van der Waals surface area contributed by atoms with Crippen LogP contribution in [0.4, 0.5) is 5.69 Å². The maximum Gasteiger partial charge on any atom is 0.356 e. The Bertz CT molecular complexity index is 888. The van der Waals surface area contributed by atoms with Crippen molar-refractivity contribution in [1.82, 2.24) is 0 Å². The van der Waals surface area contributed by atoms with Crippen molar-refractivity contribution >= 4 is 45.3 Å². The molecule has 140 valence electrons. The van der Waals surface area contributed by atoms with Gasteiger partial charge in [-0.05, 0) is 42.0 Å². The van der Waals surface area contributed by atoms with E-state index in [1.54, 1.807) is 43.5 Å². The summed E-state index contributed by atoms with van der Waals surface area (Å²) >= 11 is 3.33. The zero-order chi connectivity index (χ0) is 19.8. The topological polar surface area (TPSA) is 74.2 Å². The van der Waals surface area contributed by atoms with Gasteiger partial charge in [-0.15, -0.1) is 0 Å². The van der Waals surface area contributed by atoms with Crippen LogP contribution in [0.1, 0.15) is 15.9 Å². The van der Waals surface area contributed by atoms with Crippen molar-refractivity contribution in [3.63, 3.8) is 0 Å². The molecule has 0 saturated carbocycles.